The van der Waals surface area contributed by atoms with Gasteiger partial charge in [0.25, 0.3) is 0 Å². The average Bonchev–Trinajstić information content (AvgIpc) is 2.52. The van der Waals surface area contributed by atoms with Gasteiger partial charge >= 0.3 is 0 Å². The number of nitrogens with zero attached hydrogens (tertiary/aromatic N) is 2. The summed E-state index contributed by atoms with van der Waals surface area (Å²) in [5.74, 6) is 1.49. The van der Waals surface area contributed by atoms with E-state index in [2.05, 4.69) is 16.9 Å². The smallest absolute Gasteiger partial charge is 0.142 e. The number of hydrogen-bond acceptors (Lipinski definition) is 4. The van der Waals surface area contributed by atoms with Gasteiger partial charge in [0.2, 0.25) is 0 Å². The fourth-order valence-corrected chi connectivity index (χ4v) is 1.72. The lowest BCUT2D eigenvalue weighted by Gasteiger charge is -2.11. The highest BCUT2D eigenvalue weighted by Crippen LogP contribution is 2.19. The molecule has 0 amide bonds. The lowest BCUT2D eigenvalue weighted by molar-refractivity contribution is 0.359. The molecular weight excluding hydrogens is 250 g/mol. The summed E-state index contributed by atoms with van der Waals surface area (Å²) in [6, 6.07) is 15.1. The molecule has 2 rings (SSSR count). The standard InChI is InChI=1S/C16H15N3O/c1-2-10-20-15-8-4-3-6-13(15)12-18-16-9-5-7-14(11-17)19-16/h2-9H,1,10,12H2,(H,18,19). The summed E-state index contributed by atoms with van der Waals surface area (Å²) in [6.45, 7) is 4.69. The average molecular weight is 265 g/mol. The number of rotatable bonds is 6. The highest BCUT2D eigenvalue weighted by atomic mass is 16.5. The van der Waals surface area contributed by atoms with Crippen molar-refractivity contribution in [2.45, 2.75) is 6.54 Å². The van der Waals surface area contributed by atoms with Crippen LogP contribution < -0.4 is 10.1 Å². The third-order valence-electron chi connectivity index (χ3n) is 2.65. The molecule has 0 unspecified atom stereocenters. The molecule has 20 heavy (non-hydrogen) atoms. The quantitative estimate of drug-likeness (QED) is 0.815. The minimum Gasteiger partial charge on any atom is -0.489 e. The maximum absolute atomic E-state index is 8.82. The molecule has 0 aliphatic rings. The molecule has 0 spiro atoms. The van der Waals surface area contributed by atoms with Crippen LogP contribution in [0.5, 0.6) is 5.75 Å². The molecule has 0 aliphatic carbocycles. The van der Waals surface area contributed by atoms with Crippen LogP contribution >= 0.6 is 0 Å². The molecule has 0 fully saturated rings. The Labute approximate surface area is 118 Å². The number of hydrogen-bond donors (Lipinski definition) is 1. The van der Waals surface area contributed by atoms with Crippen molar-refractivity contribution in [1.82, 2.24) is 4.98 Å². The molecule has 0 bridgehead atoms. The molecule has 4 heteroatoms. The van der Waals surface area contributed by atoms with E-state index in [1.807, 2.05) is 36.4 Å². The van der Waals surface area contributed by atoms with Gasteiger partial charge in [0.15, 0.2) is 0 Å². The highest BCUT2D eigenvalue weighted by molar-refractivity contribution is 5.41. The second-order valence-corrected chi connectivity index (χ2v) is 4.08. The van der Waals surface area contributed by atoms with Crippen LogP contribution in [0.1, 0.15) is 11.3 Å². The number of aromatic nitrogens is 1. The van der Waals surface area contributed by atoms with Crippen LogP contribution in [0.2, 0.25) is 0 Å². The zero-order valence-corrected chi connectivity index (χ0v) is 11.0. The van der Waals surface area contributed by atoms with Crippen molar-refractivity contribution >= 4 is 5.82 Å². The lowest BCUT2D eigenvalue weighted by atomic mass is 10.2. The van der Waals surface area contributed by atoms with Crippen molar-refractivity contribution in [3.8, 4) is 11.8 Å². The van der Waals surface area contributed by atoms with Gasteiger partial charge in [-0.2, -0.15) is 5.26 Å². The van der Waals surface area contributed by atoms with E-state index < -0.39 is 0 Å². The molecule has 0 aliphatic heterocycles. The Balaban J connectivity index is 2.06. The summed E-state index contributed by atoms with van der Waals surface area (Å²) < 4.78 is 5.59. The Morgan fingerprint density at radius 3 is 2.90 bits per heavy atom. The minimum absolute atomic E-state index is 0.395. The van der Waals surface area contributed by atoms with Gasteiger partial charge in [-0.1, -0.05) is 36.9 Å². The van der Waals surface area contributed by atoms with E-state index in [1.54, 1.807) is 18.2 Å². The van der Waals surface area contributed by atoms with Crippen molar-refractivity contribution in [1.29, 1.82) is 5.26 Å². The summed E-state index contributed by atoms with van der Waals surface area (Å²) in [4.78, 5) is 4.17. The van der Waals surface area contributed by atoms with Gasteiger partial charge in [0.1, 0.15) is 29.9 Å². The van der Waals surface area contributed by atoms with E-state index in [-0.39, 0.29) is 0 Å². The monoisotopic (exact) mass is 265 g/mol. The Morgan fingerprint density at radius 1 is 1.25 bits per heavy atom. The first-order valence-corrected chi connectivity index (χ1v) is 6.26. The van der Waals surface area contributed by atoms with Crippen LogP contribution in [0.3, 0.4) is 0 Å². The zero-order valence-electron chi connectivity index (χ0n) is 11.0. The number of para-hydroxylation sites is 1. The lowest BCUT2D eigenvalue weighted by Crippen LogP contribution is -2.04. The molecule has 0 saturated carbocycles. The summed E-state index contributed by atoms with van der Waals surface area (Å²) in [5, 5.41) is 12.0. The van der Waals surface area contributed by atoms with E-state index in [9.17, 15) is 0 Å². The number of nitrogens with one attached hydrogen (secondary N) is 1. The predicted molar refractivity (Wildman–Crippen MR) is 78.4 cm³/mol. The van der Waals surface area contributed by atoms with Gasteiger partial charge in [-0.3, -0.25) is 0 Å². The summed E-state index contributed by atoms with van der Waals surface area (Å²) >= 11 is 0. The summed E-state index contributed by atoms with van der Waals surface area (Å²) in [5.41, 5.74) is 1.42. The maximum atomic E-state index is 8.82. The largest absolute Gasteiger partial charge is 0.489 e. The van der Waals surface area contributed by atoms with Crippen molar-refractivity contribution in [2.75, 3.05) is 11.9 Å². The van der Waals surface area contributed by atoms with Crippen LogP contribution in [0, 0.1) is 11.3 Å². The summed E-state index contributed by atoms with van der Waals surface area (Å²) in [7, 11) is 0. The first-order chi connectivity index (χ1) is 9.83. The minimum atomic E-state index is 0.395. The molecule has 1 heterocycles. The SMILES string of the molecule is C=CCOc1ccccc1CNc1cccc(C#N)n1. The molecule has 1 N–H and O–H groups in total. The molecular formula is C16H15N3O. The van der Waals surface area contributed by atoms with Gasteiger partial charge in [0, 0.05) is 12.1 Å². The van der Waals surface area contributed by atoms with Crippen molar-refractivity contribution in [2.24, 2.45) is 0 Å². The third-order valence-corrected chi connectivity index (χ3v) is 2.65. The molecule has 1 aromatic carbocycles. The Bertz CT molecular complexity index is 632. The van der Waals surface area contributed by atoms with Crippen LogP contribution in [-0.2, 0) is 6.54 Å². The van der Waals surface area contributed by atoms with E-state index in [0.717, 1.165) is 11.3 Å². The van der Waals surface area contributed by atoms with Gasteiger partial charge < -0.3 is 10.1 Å². The molecule has 0 saturated heterocycles. The third kappa shape index (κ3) is 3.59. The predicted octanol–water partition coefficient (Wildman–Crippen LogP) is 3.13. The van der Waals surface area contributed by atoms with Gasteiger partial charge in [-0.25, -0.2) is 4.98 Å². The second-order valence-electron chi connectivity index (χ2n) is 4.08. The van der Waals surface area contributed by atoms with E-state index in [4.69, 9.17) is 10.00 Å². The molecule has 4 nitrogen and oxygen atoms in total. The van der Waals surface area contributed by atoms with Gasteiger partial charge in [-0.05, 0) is 18.2 Å². The Kier molecular flexibility index (Phi) is 4.74. The number of anilines is 1. The van der Waals surface area contributed by atoms with Crippen LogP contribution in [0.25, 0.3) is 0 Å². The van der Waals surface area contributed by atoms with Gasteiger partial charge in [-0.15, -0.1) is 0 Å². The first kappa shape index (κ1) is 13.6. The second kappa shape index (κ2) is 6.95. The fourth-order valence-electron chi connectivity index (χ4n) is 1.72. The molecule has 1 aromatic heterocycles. The Hall–Kier alpha value is -2.80. The molecule has 100 valence electrons. The maximum Gasteiger partial charge on any atom is 0.142 e. The van der Waals surface area contributed by atoms with E-state index >= 15 is 0 Å². The van der Waals surface area contributed by atoms with Crippen LogP contribution in [0.15, 0.2) is 55.1 Å². The number of pyridine rings is 1. The normalized spacial score (nSPS) is 9.55. The van der Waals surface area contributed by atoms with Crippen LogP contribution in [-0.4, -0.2) is 11.6 Å². The fraction of sp³-hybridized carbons (Fsp3) is 0.125. The highest BCUT2D eigenvalue weighted by Gasteiger charge is 2.03. The number of benzene rings is 1. The number of ether oxygens (including phenoxy) is 1. The molecule has 0 radical (unpaired) electrons. The zero-order chi connectivity index (χ0) is 14.2. The topological polar surface area (TPSA) is 57.9 Å². The summed E-state index contributed by atoms with van der Waals surface area (Å²) in [6.07, 6.45) is 1.71. The van der Waals surface area contributed by atoms with Crippen molar-refractivity contribution in [3.63, 3.8) is 0 Å². The first-order valence-electron chi connectivity index (χ1n) is 6.26. The van der Waals surface area contributed by atoms with E-state index in [1.165, 1.54) is 0 Å². The van der Waals surface area contributed by atoms with Crippen LogP contribution in [0.4, 0.5) is 5.82 Å². The Morgan fingerprint density at radius 2 is 2.10 bits per heavy atom. The van der Waals surface area contributed by atoms with Gasteiger partial charge in [0.05, 0.1) is 0 Å². The van der Waals surface area contributed by atoms with Crippen molar-refractivity contribution < 1.29 is 4.74 Å². The van der Waals surface area contributed by atoms with Crippen molar-refractivity contribution in [3.05, 3.63) is 66.4 Å². The van der Waals surface area contributed by atoms with E-state index in [0.29, 0.717) is 24.7 Å². The number of nitriles is 1. The molecule has 0 atom stereocenters. The molecule has 2 aromatic rings.